The Labute approximate surface area is 232 Å². The molecule has 2 aromatic rings. The molecular weight excluding hydrogens is 624 g/mol. The van der Waals surface area contributed by atoms with Gasteiger partial charge in [-0.1, -0.05) is 16.8 Å². The number of rotatable bonds is 5. The number of alkyl halides is 9. The second kappa shape index (κ2) is 10.3. The number of aryl methyl sites for hydroxylation is 1. The van der Waals surface area contributed by atoms with E-state index in [1.54, 1.807) is 0 Å². The number of thiophene rings is 1. The minimum absolute atomic E-state index is 0.0631. The summed E-state index contributed by atoms with van der Waals surface area (Å²) < 4.78 is 135. The SMILES string of the molecule is Cc1cc(C2=NO[C@](c3cc(C(F)(F)F)cc(Cl)c3F)(C(F)(F)F)C2)sc1C(=O)N[C@@H]1CCN(CC(F)(F)F)C1=O. The third-order valence-corrected chi connectivity index (χ3v) is 7.92. The van der Waals surface area contributed by atoms with Crippen molar-refractivity contribution in [1.29, 1.82) is 0 Å². The number of carbonyl (C=O) groups excluding carboxylic acids is 2. The Hall–Kier alpha value is -3.08. The van der Waals surface area contributed by atoms with E-state index < -0.39 is 82.6 Å². The first-order chi connectivity index (χ1) is 18.7. The van der Waals surface area contributed by atoms with Crippen LogP contribution in [0.3, 0.4) is 0 Å². The molecule has 2 aliphatic rings. The predicted molar refractivity (Wildman–Crippen MR) is 124 cm³/mol. The van der Waals surface area contributed by atoms with Gasteiger partial charge in [0.2, 0.25) is 5.91 Å². The van der Waals surface area contributed by atoms with E-state index in [2.05, 4.69) is 15.3 Å². The molecule has 2 atom stereocenters. The summed E-state index contributed by atoms with van der Waals surface area (Å²) in [5.74, 6) is -3.66. The van der Waals surface area contributed by atoms with Gasteiger partial charge in [0, 0.05) is 12.1 Å². The van der Waals surface area contributed by atoms with E-state index in [0.29, 0.717) is 16.2 Å². The fourth-order valence-electron chi connectivity index (χ4n) is 4.38. The van der Waals surface area contributed by atoms with Crippen molar-refractivity contribution in [3.8, 4) is 0 Å². The fraction of sp³-hybridized carbons (Fsp3) is 0.435. The van der Waals surface area contributed by atoms with Gasteiger partial charge in [0.05, 0.1) is 26.8 Å². The van der Waals surface area contributed by atoms with Crippen molar-refractivity contribution in [2.75, 3.05) is 13.1 Å². The van der Waals surface area contributed by atoms with Gasteiger partial charge in [0.25, 0.3) is 11.5 Å². The van der Waals surface area contributed by atoms with Crippen molar-refractivity contribution < 1.29 is 58.3 Å². The van der Waals surface area contributed by atoms with Crippen LogP contribution in [0.4, 0.5) is 43.9 Å². The average Bonchev–Trinajstić information content (AvgIpc) is 3.53. The van der Waals surface area contributed by atoms with Crippen molar-refractivity contribution in [2.24, 2.45) is 5.16 Å². The van der Waals surface area contributed by atoms with Gasteiger partial charge in [-0.25, -0.2) is 4.39 Å². The summed E-state index contributed by atoms with van der Waals surface area (Å²) in [6.07, 6.45) is -16.7. The summed E-state index contributed by atoms with van der Waals surface area (Å²) in [6, 6.07) is 0.0164. The topological polar surface area (TPSA) is 71.0 Å². The molecule has 0 saturated carbocycles. The first-order valence-corrected chi connectivity index (χ1v) is 12.6. The minimum Gasteiger partial charge on any atom is -0.374 e. The van der Waals surface area contributed by atoms with Crippen LogP contribution in [0.1, 0.15) is 44.1 Å². The maximum atomic E-state index is 14.8. The Morgan fingerprint density at radius 2 is 1.83 bits per heavy atom. The van der Waals surface area contributed by atoms with E-state index in [4.69, 9.17) is 11.6 Å². The standard InChI is InChI=1S/C23H16ClF10N3O3S/c1-9-4-15(41-17(9)18(38)35-13-2-3-37(19(13)39)8-21(26,27)28)14-7-20(40-36-14,23(32,33)34)11-5-10(22(29,30)31)6-12(24)16(11)25/h4-6,13H,2-3,7-8H2,1H3,(H,35,38)/t13-,20-/m1/s1. The molecule has 18 heteroatoms. The lowest BCUT2D eigenvalue weighted by molar-refractivity contribution is -0.276. The molecule has 6 nitrogen and oxygen atoms in total. The zero-order valence-corrected chi connectivity index (χ0v) is 21.9. The number of nitrogens with zero attached hydrogens (tertiary/aromatic N) is 2. The Balaban J connectivity index is 1.59. The molecule has 1 aromatic carbocycles. The quantitative estimate of drug-likeness (QED) is 0.388. The van der Waals surface area contributed by atoms with Crippen molar-refractivity contribution in [1.82, 2.24) is 10.2 Å². The molecule has 3 heterocycles. The van der Waals surface area contributed by atoms with E-state index >= 15 is 0 Å². The number of hydrogen-bond donors (Lipinski definition) is 1. The number of likely N-dealkylation sites (tertiary alicyclic amines) is 1. The molecule has 0 spiro atoms. The molecule has 2 aliphatic heterocycles. The first-order valence-electron chi connectivity index (χ1n) is 11.4. The second-order valence-electron chi connectivity index (χ2n) is 9.26. The Kier molecular flexibility index (Phi) is 7.77. The van der Waals surface area contributed by atoms with Crippen LogP contribution < -0.4 is 5.32 Å². The van der Waals surface area contributed by atoms with Crippen LogP contribution in [0, 0.1) is 12.7 Å². The number of benzene rings is 1. The minimum atomic E-state index is -5.48. The Morgan fingerprint density at radius 1 is 1.17 bits per heavy atom. The van der Waals surface area contributed by atoms with Crippen LogP contribution >= 0.6 is 22.9 Å². The van der Waals surface area contributed by atoms with Crippen LogP contribution in [0.2, 0.25) is 5.02 Å². The van der Waals surface area contributed by atoms with Crippen LogP contribution in [-0.2, 0) is 21.4 Å². The van der Waals surface area contributed by atoms with Crippen molar-refractivity contribution in [3.63, 3.8) is 0 Å². The lowest BCUT2D eigenvalue weighted by atomic mass is 9.86. The van der Waals surface area contributed by atoms with Crippen LogP contribution in [0.15, 0.2) is 23.4 Å². The third-order valence-electron chi connectivity index (χ3n) is 6.36. The highest BCUT2D eigenvalue weighted by Gasteiger charge is 2.64. The van der Waals surface area contributed by atoms with Gasteiger partial charge in [-0.2, -0.15) is 39.5 Å². The number of amides is 2. The van der Waals surface area contributed by atoms with Gasteiger partial charge in [-0.3, -0.25) is 9.59 Å². The van der Waals surface area contributed by atoms with Gasteiger partial charge in [0.15, 0.2) is 0 Å². The van der Waals surface area contributed by atoms with Crippen molar-refractivity contribution >= 4 is 40.5 Å². The van der Waals surface area contributed by atoms with E-state index in [1.165, 1.54) is 13.0 Å². The highest BCUT2D eigenvalue weighted by atomic mass is 35.5. The highest BCUT2D eigenvalue weighted by Crippen LogP contribution is 2.51. The van der Waals surface area contributed by atoms with Crippen molar-refractivity contribution in [3.05, 3.63) is 55.5 Å². The molecule has 1 aromatic heterocycles. The van der Waals surface area contributed by atoms with Gasteiger partial charge in [-0.15, -0.1) is 11.3 Å². The molecule has 2 amide bonds. The molecule has 1 N–H and O–H groups in total. The van der Waals surface area contributed by atoms with E-state index in [0.717, 1.165) is 0 Å². The Bertz CT molecular complexity index is 1420. The van der Waals surface area contributed by atoms with E-state index in [-0.39, 0.29) is 40.4 Å². The fourth-order valence-corrected chi connectivity index (χ4v) is 5.65. The number of carbonyl (C=O) groups is 2. The summed E-state index contributed by atoms with van der Waals surface area (Å²) in [4.78, 5) is 30.0. The number of nitrogens with one attached hydrogen (secondary N) is 1. The van der Waals surface area contributed by atoms with Gasteiger partial charge in [0.1, 0.15) is 24.1 Å². The Morgan fingerprint density at radius 3 is 2.41 bits per heavy atom. The molecule has 0 bridgehead atoms. The summed E-state index contributed by atoms with van der Waals surface area (Å²) >= 11 is 6.07. The smallest absolute Gasteiger partial charge is 0.374 e. The lowest BCUT2D eigenvalue weighted by Crippen LogP contribution is -2.43. The van der Waals surface area contributed by atoms with Crippen LogP contribution in [0.5, 0.6) is 0 Å². The third kappa shape index (κ3) is 5.96. The highest BCUT2D eigenvalue weighted by molar-refractivity contribution is 7.16. The number of halogens is 11. The molecule has 41 heavy (non-hydrogen) atoms. The van der Waals surface area contributed by atoms with Crippen LogP contribution in [0.25, 0.3) is 0 Å². The molecular formula is C23H16ClF10N3O3S. The van der Waals surface area contributed by atoms with Crippen LogP contribution in [-0.4, -0.2) is 53.9 Å². The summed E-state index contributed by atoms with van der Waals surface area (Å²) in [5, 5.41) is 4.43. The van der Waals surface area contributed by atoms with E-state index in [9.17, 15) is 53.5 Å². The molecule has 0 aliphatic carbocycles. The molecule has 0 unspecified atom stereocenters. The maximum Gasteiger partial charge on any atom is 0.435 e. The predicted octanol–water partition coefficient (Wildman–Crippen LogP) is 6.34. The number of hydrogen-bond acceptors (Lipinski definition) is 5. The molecule has 4 rings (SSSR count). The lowest BCUT2D eigenvalue weighted by Gasteiger charge is -2.30. The molecule has 224 valence electrons. The van der Waals surface area contributed by atoms with Gasteiger partial charge >= 0.3 is 18.5 Å². The molecule has 1 fully saturated rings. The monoisotopic (exact) mass is 639 g/mol. The molecule has 1 saturated heterocycles. The zero-order valence-electron chi connectivity index (χ0n) is 20.3. The summed E-state index contributed by atoms with van der Waals surface area (Å²) in [7, 11) is 0. The summed E-state index contributed by atoms with van der Waals surface area (Å²) in [6.45, 7) is -0.387. The zero-order chi connectivity index (χ0) is 30.7. The normalized spacial score (nSPS) is 21.8. The van der Waals surface area contributed by atoms with Gasteiger partial charge < -0.3 is 15.1 Å². The first kappa shape index (κ1) is 30.9. The maximum absolute atomic E-state index is 14.8. The van der Waals surface area contributed by atoms with Gasteiger partial charge in [-0.05, 0) is 37.1 Å². The van der Waals surface area contributed by atoms with E-state index in [1.807, 2.05) is 0 Å². The molecule has 0 radical (unpaired) electrons. The second-order valence-corrected chi connectivity index (χ2v) is 10.7. The summed E-state index contributed by atoms with van der Waals surface area (Å²) in [5.41, 5.74) is -7.18. The van der Waals surface area contributed by atoms with Crippen molar-refractivity contribution in [2.45, 2.75) is 49.9 Å². The largest absolute Gasteiger partial charge is 0.435 e. The average molecular weight is 640 g/mol. The number of oxime groups is 1.